The zero-order valence-corrected chi connectivity index (χ0v) is 14.5. The number of rotatable bonds is 1. The number of hydrogen-bond donors (Lipinski definition) is 1. The summed E-state index contributed by atoms with van der Waals surface area (Å²) in [7, 11) is -0.363. The fourth-order valence-corrected chi connectivity index (χ4v) is 2.90. The lowest BCUT2D eigenvalue weighted by atomic mass is 9.78. The molecule has 1 N–H and O–H groups in total. The van der Waals surface area contributed by atoms with Crippen molar-refractivity contribution < 1.29 is 9.31 Å². The van der Waals surface area contributed by atoms with Gasteiger partial charge in [0.1, 0.15) is 0 Å². The summed E-state index contributed by atoms with van der Waals surface area (Å²) in [5, 5.41) is 3.47. The molecule has 0 aromatic heterocycles. The molecule has 4 rings (SSSR count). The molecule has 1 fully saturated rings. The van der Waals surface area contributed by atoms with Gasteiger partial charge in [-0.25, -0.2) is 0 Å². The average molecular weight is 320 g/mol. The van der Waals surface area contributed by atoms with Crippen molar-refractivity contribution in [2.24, 2.45) is 4.99 Å². The lowest BCUT2D eigenvalue weighted by Gasteiger charge is -2.32. The Morgan fingerprint density at radius 2 is 1.62 bits per heavy atom. The highest BCUT2D eigenvalue weighted by molar-refractivity contribution is 6.62. The standard InChI is InChI=1S/C19H21BN2O2/c1-18(2)19(3,4)24-20(23-18)14-10-9-13-12-21-15-7-5-6-8-16(15)22-17(13)11-14/h5-12,22H,1-4H3. The highest BCUT2D eigenvalue weighted by Gasteiger charge is 2.51. The summed E-state index contributed by atoms with van der Waals surface area (Å²) in [6, 6.07) is 14.2. The predicted molar refractivity (Wildman–Crippen MR) is 99.1 cm³/mol. The third-order valence-electron chi connectivity index (χ3n) is 5.12. The molecule has 0 spiro atoms. The van der Waals surface area contributed by atoms with Gasteiger partial charge < -0.3 is 14.6 Å². The maximum Gasteiger partial charge on any atom is 0.494 e. The van der Waals surface area contributed by atoms with E-state index in [1.54, 1.807) is 0 Å². The van der Waals surface area contributed by atoms with Crippen molar-refractivity contribution in [1.29, 1.82) is 0 Å². The van der Waals surface area contributed by atoms with E-state index in [2.05, 4.69) is 50.1 Å². The van der Waals surface area contributed by atoms with Crippen LogP contribution in [0.15, 0.2) is 47.5 Å². The van der Waals surface area contributed by atoms with Crippen LogP contribution in [0, 0.1) is 0 Å². The second-order valence-electron chi connectivity index (χ2n) is 7.34. The molecule has 2 aromatic carbocycles. The molecular formula is C19H21BN2O2. The summed E-state index contributed by atoms with van der Waals surface area (Å²) in [6.07, 6.45) is 1.89. The molecule has 24 heavy (non-hydrogen) atoms. The van der Waals surface area contributed by atoms with Gasteiger partial charge in [0, 0.05) is 17.5 Å². The van der Waals surface area contributed by atoms with Crippen molar-refractivity contribution in [1.82, 2.24) is 0 Å². The number of anilines is 2. The second kappa shape index (κ2) is 5.20. The summed E-state index contributed by atoms with van der Waals surface area (Å²) >= 11 is 0. The third kappa shape index (κ3) is 2.45. The number of nitrogens with zero attached hydrogens (tertiary/aromatic N) is 1. The molecule has 4 nitrogen and oxygen atoms in total. The minimum Gasteiger partial charge on any atom is -0.399 e. The summed E-state index contributed by atoms with van der Waals surface area (Å²) in [5.74, 6) is 0. The Balaban J connectivity index is 1.69. The van der Waals surface area contributed by atoms with E-state index in [4.69, 9.17) is 9.31 Å². The van der Waals surface area contributed by atoms with Crippen LogP contribution >= 0.6 is 0 Å². The molecule has 0 atom stereocenters. The van der Waals surface area contributed by atoms with Crippen LogP contribution in [0.3, 0.4) is 0 Å². The lowest BCUT2D eigenvalue weighted by molar-refractivity contribution is 0.00578. The van der Waals surface area contributed by atoms with Gasteiger partial charge in [0.25, 0.3) is 0 Å². The van der Waals surface area contributed by atoms with E-state index >= 15 is 0 Å². The quantitative estimate of drug-likeness (QED) is 0.694. The van der Waals surface area contributed by atoms with Gasteiger partial charge in [-0.1, -0.05) is 24.3 Å². The number of hydrogen-bond acceptors (Lipinski definition) is 4. The van der Waals surface area contributed by atoms with Crippen LogP contribution in [-0.2, 0) is 9.31 Å². The van der Waals surface area contributed by atoms with Crippen LogP contribution in [0.5, 0.6) is 0 Å². The Hall–Kier alpha value is -2.11. The van der Waals surface area contributed by atoms with Crippen LogP contribution in [0.2, 0.25) is 0 Å². The van der Waals surface area contributed by atoms with Gasteiger partial charge in [0.2, 0.25) is 0 Å². The zero-order chi connectivity index (χ0) is 16.9. The van der Waals surface area contributed by atoms with Crippen molar-refractivity contribution in [3.05, 3.63) is 48.0 Å². The van der Waals surface area contributed by atoms with Gasteiger partial charge in [-0.15, -0.1) is 0 Å². The molecule has 0 unspecified atom stereocenters. The summed E-state index contributed by atoms with van der Waals surface area (Å²) < 4.78 is 12.3. The Bertz CT molecular complexity index is 814. The molecule has 2 aliphatic heterocycles. The first kappa shape index (κ1) is 15.4. The van der Waals surface area contributed by atoms with E-state index < -0.39 is 0 Å². The highest BCUT2D eigenvalue weighted by Crippen LogP contribution is 2.37. The van der Waals surface area contributed by atoms with Crippen molar-refractivity contribution in [3.63, 3.8) is 0 Å². The molecule has 0 saturated carbocycles. The van der Waals surface area contributed by atoms with Gasteiger partial charge in [-0.3, -0.25) is 4.99 Å². The molecule has 2 heterocycles. The zero-order valence-electron chi connectivity index (χ0n) is 14.5. The van der Waals surface area contributed by atoms with Crippen molar-refractivity contribution in [3.8, 4) is 0 Å². The summed E-state index contributed by atoms with van der Waals surface area (Å²) in [6.45, 7) is 8.27. The Labute approximate surface area is 143 Å². The van der Waals surface area contributed by atoms with Gasteiger partial charge >= 0.3 is 7.12 Å². The van der Waals surface area contributed by atoms with Crippen molar-refractivity contribution in [2.45, 2.75) is 38.9 Å². The summed E-state index contributed by atoms with van der Waals surface area (Å²) in [4.78, 5) is 4.55. The van der Waals surface area contributed by atoms with Crippen molar-refractivity contribution >= 4 is 35.9 Å². The molecule has 5 heteroatoms. The Morgan fingerprint density at radius 1 is 0.917 bits per heavy atom. The molecule has 0 bridgehead atoms. The monoisotopic (exact) mass is 320 g/mol. The minimum absolute atomic E-state index is 0.341. The van der Waals surface area contributed by atoms with Crippen LogP contribution < -0.4 is 10.8 Å². The molecule has 0 radical (unpaired) electrons. The van der Waals surface area contributed by atoms with Crippen LogP contribution in [0.4, 0.5) is 17.1 Å². The number of para-hydroxylation sites is 2. The SMILES string of the molecule is CC1(C)OB(c2ccc3c(c2)Nc2ccccc2N=C3)OC1(C)C. The number of aliphatic imine (C=N–C) groups is 1. The van der Waals surface area contributed by atoms with E-state index in [1.807, 2.05) is 36.5 Å². The molecule has 0 amide bonds. The fourth-order valence-electron chi connectivity index (χ4n) is 2.90. The molecular weight excluding hydrogens is 299 g/mol. The number of fused-ring (bicyclic) bond motifs is 2. The van der Waals surface area contributed by atoms with E-state index in [0.29, 0.717) is 0 Å². The Morgan fingerprint density at radius 3 is 2.38 bits per heavy atom. The molecule has 2 aromatic rings. The first-order valence-electron chi connectivity index (χ1n) is 8.25. The van der Waals surface area contributed by atoms with Crippen LogP contribution in [0.25, 0.3) is 0 Å². The first-order chi connectivity index (χ1) is 11.4. The predicted octanol–water partition coefficient (Wildman–Crippen LogP) is 3.79. The number of benzene rings is 2. The second-order valence-corrected chi connectivity index (χ2v) is 7.34. The van der Waals surface area contributed by atoms with Crippen LogP contribution in [-0.4, -0.2) is 24.5 Å². The molecule has 0 aliphatic carbocycles. The van der Waals surface area contributed by atoms with Gasteiger partial charge in [0.05, 0.1) is 22.6 Å². The van der Waals surface area contributed by atoms with Crippen LogP contribution in [0.1, 0.15) is 33.3 Å². The first-order valence-corrected chi connectivity index (χ1v) is 8.25. The molecule has 2 aliphatic rings. The maximum atomic E-state index is 6.16. The molecule has 1 saturated heterocycles. The van der Waals surface area contributed by atoms with Gasteiger partial charge in [0.15, 0.2) is 0 Å². The smallest absolute Gasteiger partial charge is 0.399 e. The fraction of sp³-hybridized carbons (Fsp3) is 0.316. The largest absolute Gasteiger partial charge is 0.494 e. The number of nitrogens with one attached hydrogen (secondary N) is 1. The maximum absolute atomic E-state index is 6.16. The minimum atomic E-state index is -0.363. The van der Waals surface area contributed by atoms with E-state index in [9.17, 15) is 0 Å². The summed E-state index contributed by atoms with van der Waals surface area (Å²) in [5.41, 5.74) is 4.32. The van der Waals surface area contributed by atoms with E-state index in [1.165, 1.54) is 0 Å². The van der Waals surface area contributed by atoms with E-state index in [0.717, 1.165) is 28.1 Å². The van der Waals surface area contributed by atoms with Gasteiger partial charge in [-0.2, -0.15) is 0 Å². The van der Waals surface area contributed by atoms with E-state index in [-0.39, 0.29) is 18.3 Å². The normalized spacial score (nSPS) is 20.1. The molecule has 122 valence electrons. The third-order valence-corrected chi connectivity index (χ3v) is 5.12. The Kier molecular flexibility index (Phi) is 3.34. The average Bonchev–Trinajstić information content (AvgIpc) is 2.68. The lowest BCUT2D eigenvalue weighted by Crippen LogP contribution is -2.41. The van der Waals surface area contributed by atoms with Gasteiger partial charge in [-0.05, 0) is 51.4 Å². The topological polar surface area (TPSA) is 42.8 Å². The highest BCUT2D eigenvalue weighted by atomic mass is 16.7. The van der Waals surface area contributed by atoms with Crippen molar-refractivity contribution in [2.75, 3.05) is 5.32 Å².